The summed E-state index contributed by atoms with van der Waals surface area (Å²) in [6, 6.07) is 14.5. The minimum absolute atomic E-state index is 0.143. The fourth-order valence-corrected chi connectivity index (χ4v) is 3.06. The predicted molar refractivity (Wildman–Crippen MR) is 93.9 cm³/mol. The van der Waals surface area contributed by atoms with Crippen LogP contribution in [0.1, 0.15) is 16.7 Å². The maximum absolute atomic E-state index is 12.5. The van der Waals surface area contributed by atoms with Crippen molar-refractivity contribution in [3.63, 3.8) is 0 Å². The first kappa shape index (κ1) is 16.7. The van der Waals surface area contributed by atoms with Gasteiger partial charge in [-0.3, -0.25) is 4.79 Å². The molecule has 24 heavy (non-hydrogen) atoms. The van der Waals surface area contributed by atoms with Gasteiger partial charge in [-0.2, -0.15) is 0 Å². The zero-order valence-electron chi connectivity index (χ0n) is 13.2. The fourth-order valence-electron chi connectivity index (χ4n) is 2.93. The average Bonchev–Trinajstić information content (AvgIpc) is 2.62. The highest BCUT2D eigenvalue weighted by atomic mass is 35.5. The molecular weight excluding hydrogens is 324 g/mol. The van der Waals surface area contributed by atoms with E-state index in [1.54, 1.807) is 12.1 Å². The average molecular weight is 343 g/mol. The van der Waals surface area contributed by atoms with Gasteiger partial charge in [-0.1, -0.05) is 48.0 Å². The zero-order chi connectivity index (χ0) is 16.9. The number of halogens is 1. The Morgan fingerprint density at radius 1 is 1.21 bits per heavy atom. The third-order valence-corrected chi connectivity index (χ3v) is 4.51. The van der Waals surface area contributed by atoms with Gasteiger partial charge < -0.3 is 15.4 Å². The third-order valence-electron chi connectivity index (χ3n) is 4.26. The molecule has 4 nitrogen and oxygen atoms in total. The summed E-state index contributed by atoms with van der Waals surface area (Å²) in [5.41, 5.74) is 3.35. The van der Waals surface area contributed by atoms with Gasteiger partial charge in [-0.05, 0) is 41.7 Å². The largest absolute Gasteiger partial charge is 0.345 e. The molecule has 2 aromatic carbocycles. The van der Waals surface area contributed by atoms with E-state index in [1.807, 2.05) is 30.3 Å². The molecule has 0 bridgehead atoms. The van der Waals surface area contributed by atoms with Crippen LogP contribution in [-0.4, -0.2) is 24.3 Å². The Balaban J connectivity index is 1.61. The number of aldehydes is 1. The first-order valence-electron chi connectivity index (χ1n) is 7.96. The van der Waals surface area contributed by atoms with Crippen LogP contribution in [-0.2, 0) is 29.0 Å². The maximum atomic E-state index is 12.5. The molecule has 0 saturated carbocycles. The first-order chi connectivity index (χ1) is 11.7. The normalized spacial score (nSPS) is 17.6. The van der Waals surface area contributed by atoms with Crippen molar-refractivity contribution in [1.82, 2.24) is 10.6 Å². The summed E-state index contributed by atoms with van der Waals surface area (Å²) in [7, 11) is 0. The van der Waals surface area contributed by atoms with E-state index >= 15 is 0 Å². The van der Waals surface area contributed by atoms with Gasteiger partial charge in [-0.15, -0.1) is 0 Å². The van der Waals surface area contributed by atoms with Crippen molar-refractivity contribution in [1.29, 1.82) is 0 Å². The second-order valence-corrected chi connectivity index (χ2v) is 6.42. The molecule has 2 N–H and O–H groups in total. The molecular formula is C19H19ClN2O2. The molecule has 0 saturated heterocycles. The molecule has 2 atom stereocenters. The molecule has 0 fully saturated rings. The molecule has 1 aliphatic heterocycles. The number of fused-ring (bicyclic) bond motifs is 1. The lowest BCUT2D eigenvalue weighted by molar-refractivity contribution is -0.126. The molecule has 0 radical (unpaired) electrons. The summed E-state index contributed by atoms with van der Waals surface area (Å²) >= 11 is 5.86. The lowest BCUT2D eigenvalue weighted by atomic mass is 9.95. The fraction of sp³-hybridized carbons (Fsp3) is 0.263. The molecule has 124 valence electrons. The van der Waals surface area contributed by atoms with Crippen molar-refractivity contribution in [2.45, 2.75) is 31.5 Å². The minimum Gasteiger partial charge on any atom is -0.345 e. The van der Waals surface area contributed by atoms with Gasteiger partial charge in [0.05, 0.1) is 12.1 Å². The Morgan fingerprint density at radius 2 is 1.92 bits per heavy atom. The van der Waals surface area contributed by atoms with Gasteiger partial charge in [0.25, 0.3) is 0 Å². The smallest absolute Gasteiger partial charge is 0.238 e. The van der Waals surface area contributed by atoms with Crippen LogP contribution in [0.5, 0.6) is 0 Å². The summed E-state index contributed by atoms with van der Waals surface area (Å²) < 4.78 is 0. The summed E-state index contributed by atoms with van der Waals surface area (Å²) in [5, 5.41) is 6.71. The lowest BCUT2D eigenvalue weighted by Crippen LogP contribution is -2.51. The topological polar surface area (TPSA) is 58.2 Å². The molecule has 5 heteroatoms. The van der Waals surface area contributed by atoms with Crippen LogP contribution in [0.3, 0.4) is 0 Å². The van der Waals surface area contributed by atoms with Crippen LogP contribution in [0, 0.1) is 0 Å². The Hall–Kier alpha value is -2.17. The van der Waals surface area contributed by atoms with Gasteiger partial charge in [0.15, 0.2) is 0 Å². The summed E-state index contributed by atoms with van der Waals surface area (Å²) in [4.78, 5) is 23.8. The van der Waals surface area contributed by atoms with E-state index in [0.29, 0.717) is 24.4 Å². The predicted octanol–water partition coefficient (Wildman–Crippen LogP) is 2.28. The SMILES string of the molecule is O=C[C@@H](Cc1ccc(Cl)cc1)NC(=O)[C@H]1Cc2ccccc2CN1. The van der Waals surface area contributed by atoms with Crippen molar-refractivity contribution in [2.24, 2.45) is 0 Å². The second kappa shape index (κ2) is 7.60. The van der Waals surface area contributed by atoms with Gasteiger partial charge >= 0.3 is 0 Å². The van der Waals surface area contributed by atoms with Crippen LogP contribution in [0.25, 0.3) is 0 Å². The number of nitrogens with one attached hydrogen (secondary N) is 2. The van der Waals surface area contributed by atoms with Crippen LogP contribution in [0.15, 0.2) is 48.5 Å². The summed E-state index contributed by atoms with van der Waals surface area (Å²) in [6.45, 7) is 0.664. The molecule has 2 aromatic rings. The minimum atomic E-state index is -0.544. The van der Waals surface area contributed by atoms with Gasteiger partial charge in [-0.25, -0.2) is 0 Å². The molecule has 0 unspecified atom stereocenters. The van der Waals surface area contributed by atoms with E-state index in [2.05, 4.69) is 16.7 Å². The quantitative estimate of drug-likeness (QED) is 0.820. The van der Waals surface area contributed by atoms with Crippen molar-refractivity contribution in [3.8, 4) is 0 Å². The number of carbonyl (C=O) groups is 2. The molecule has 0 aliphatic carbocycles. The van der Waals surface area contributed by atoms with Crippen LogP contribution < -0.4 is 10.6 Å². The number of hydrogen-bond acceptors (Lipinski definition) is 3. The highest BCUT2D eigenvalue weighted by molar-refractivity contribution is 6.30. The first-order valence-corrected chi connectivity index (χ1v) is 8.34. The Bertz CT molecular complexity index is 730. The number of benzene rings is 2. The summed E-state index contributed by atoms with van der Waals surface area (Å²) in [5.74, 6) is -0.143. The Labute approximate surface area is 146 Å². The number of rotatable bonds is 5. The third kappa shape index (κ3) is 4.02. The molecule has 0 spiro atoms. The number of carbonyl (C=O) groups excluding carboxylic acids is 2. The molecule has 1 heterocycles. The molecule has 0 aromatic heterocycles. The van der Waals surface area contributed by atoms with E-state index in [4.69, 9.17) is 11.6 Å². The molecule has 1 aliphatic rings. The van der Waals surface area contributed by atoms with Gasteiger partial charge in [0.2, 0.25) is 5.91 Å². The number of amides is 1. The van der Waals surface area contributed by atoms with Crippen LogP contribution >= 0.6 is 11.6 Å². The van der Waals surface area contributed by atoms with Crippen molar-refractivity contribution in [2.75, 3.05) is 0 Å². The zero-order valence-corrected chi connectivity index (χ0v) is 13.9. The van der Waals surface area contributed by atoms with Crippen molar-refractivity contribution in [3.05, 3.63) is 70.2 Å². The van der Waals surface area contributed by atoms with Gasteiger partial charge in [0, 0.05) is 11.6 Å². The standard InChI is InChI=1S/C19H19ClN2O2/c20-16-7-5-13(6-8-16)9-17(12-23)22-19(24)18-10-14-3-1-2-4-15(14)11-21-18/h1-8,12,17-18,21H,9-11H2,(H,22,24)/t17-,18-/m1/s1. The van der Waals surface area contributed by atoms with Crippen LogP contribution in [0.4, 0.5) is 0 Å². The molecule has 1 amide bonds. The Kier molecular flexibility index (Phi) is 5.28. The van der Waals surface area contributed by atoms with Crippen molar-refractivity contribution >= 4 is 23.8 Å². The van der Waals surface area contributed by atoms with E-state index in [9.17, 15) is 9.59 Å². The Morgan fingerprint density at radius 3 is 2.62 bits per heavy atom. The highest BCUT2D eigenvalue weighted by Gasteiger charge is 2.25. The second-order valence-electron chi connectivity index (χ2n) is 5.99. The van der Waals surface area contributed by atoms with E-state index in [1.165, 1.54) is 11.1 Å². The van der Waals surface area contributed by atoms with E-state index in [0.717, 1.165) is 11.8 Å². The molecule has 3 rings (SSSR count). The van der Waals surface area contributed by atoms with Gasteiger partial charge in [0.1, 0.15) is 6.29 Å². The lowest BCUT2D eigenvalue weighted by Gasteiger charge is -2.26. The monoisotopic (exact) mass is 342 g/mol. The highest BCUT2D eigenvalue weighted by Crippen LogP contribution is 2.16. The van der Waals surface area contributed by atoms with Crippen molar-refractivity contribution < 1.29 is 9.59 Å². The summed E-state index contributed by atoms with van der Waals surface area (Å²) in [6.07, 6.45) is 1.87. The number of hydrogen-bond donors (Lipinski definition) is 2. The van der Waals surface area contributed by atoms with E-state index < -0.39 is 6.04 Å². The van der Waals surface area contributed by atoms with Crippen LogP contribution in [0.2, 0.25) is 5.02 Å². The maximum Gasteiger partial charge on any atom is 0.238 e. The van der Waals surface area contributed by atoms with E-state index in [-0.39, 0.29) is 11.9 Å².